The molecule has 2 aromatic carbocycles. The highest BCUT2D eigenvalue weighted by molar-refractivity contribution is 7.89. The molecule has 0 bridgehead atoms. The molecule has 0 fully saturated rings. The van der Waals surface area contributed by atoms with Crippen LogP contribution >= 0.6 is 11.3 Å². The van der Waals surface area contributed by atoms with Crippen molar-refractivity contribution in [1.29, 1.82) is 0 Å². The summed E-state index contributed by atoms with van der Waals surface area (Å²) in [6.07, 6.45) is 4.19. The molecule has 2 heterocycles. The van der Waals surface area contributed by atoms with Crippen LogP contribution in [-0.4, -0.2) is 30.2 Å². The molecule has 0 aliphatic heterocycles. The van der Waals surface area contributed by atoms with Gasteiger partial charge in [0.2, 0.25) is 10.0 Å². The van der Waals surface area contributed by atoms with E-state index < -0.39 is 15.9 Å². The maximum atomic E-state index is 12.9. The molecular weight excluding hydrogens is 470 g/mol. The fourth-order valence-corrected chi connectivity index (χ4v) is 5.77. The third-order valence-electron chi connectivity index (χ3n) is 5.43. The molecule has 0 N–H and O–H groups in total. The number of thiazole rings is 1. The molecule has 0 saturated carbocycles. The summed E-state index contributed by atoms with van der Waals surface area (Å²) in [6, 6.07) is 15.5. The maximum absolute atomic E-state index is 12.9. The van der Waals surface area contributed by atoms with Crippen LogP contribution in [0.15, 0.2) is 87.8 Å². The first kappa shape index (κ1) is 23.9. The molecule has 7 nitrogen and oxygen atoms in total. The highest BCUT2D eigenvalue weighted by Crippen LogP contribution is 2.21. The fraction of sp³-hybridized carbons (Fsp3) is 0.200. The summed E-state index contributed by atoms with van der Waals surface area (Å²) in [6.45, 7) is 6.55. The first-order valence-corrected chi connectivity index (χ1v) is 13.0. The third kappa shape index (κ3) is 4.82. The monoisotopic (exact) mass is 495 g/mol. The summed E-state index contributed by atoms with van der Waals surface area (Å²) in [5.41, 5.74) is 2.52. The van der Waals surface area contributed by atoms with Crippen LogP contribution in [0, 0.1) is 0 Å². The van der Waals surface area contributed by atoms with Gasteiger partial charge < -0.3 is 8.98 Å². The van der Waals surface area contributed by atoms with Crippen LogP contribution in [0.3, 0.4) is 0 Å². The average Bonchev–Trinajstić information content (AvgIpc) is 3.46. The Balaban J connectivity index is 1.62. The van der Waals surface area contributed by atoms with Crippen LogP contribution in [0.1, 0.15) is 28.6 Å². The molecule has 1 amide bonds. The number of furan rings is 1. The molecule has 2 aromatic heterocycles. The van der Waals surface area contributed by atoms with E-state index in [-0.39, 0.29) is 11.4 Å². The summed E-state index contributed by atoms with van der Waals surface area (Å²) >= 11 is 1.45. The minimum absolute atomic E-state index is 0.0915. The van der Waals surface area contributed by atoms with Crippen LogP contribution in [0.5, 0.6) is 0 Å². The van der Waals surface area contributed by atoms with Crippen LogP contribution in [0.2, 0.25) is 0 Å². The fourth-order valence-electron chi connectivity index (χ4n) is 3.54. The number of benzene rings is 2. The topological polar surface area (TPSA) is 84.9 Å². The summed E-state index contributed by atoms with van der Waals surface area (Å²) in [4.78, 5) is 17.9. The number of nitrogens with zero attached hydrogens (tertiary/aromatic N) is 3. The lowest BCUT2D eigenvalue weighted by Crippen LogP contribution is -2.26. The molecule has 0 radical (unpaired) electrons. The number of rotatable bonds is 8. The number of aryl methyl sites for hydroxylation is 1. The summed E-state index contributed by atoms with van der Waals surface area (Å²) in [5, 5.41) is 0. The van der Waals surface area contributed by atoms with Gasteiger partial charge in [-0.05, 0) is 60.5 Å². The van der Waals surface area contributed by atoms with E-state index in [1.54, 1.807) is 18.2 Å². The second kappa shape index (κ2) is 9.92. The van der Waals surface area contributed by atoms with Gasteiger partial charge in [-0.3, -0.25) is 4.79 Å². The van der Waals surface area contributed by atoms with Crippen molar-refractivity contribution >= 4 is 37.5 Å². The van der Waals surface area contributed by atoms with E-state index in [2.05, 4.69) is 30.6 Å². The standard InChI is InChI=1S/C25H25N3O4S2/c1-4-14-28-22-13-8-18(5-2)16-23(22)33-25(28)26-24(29)19-9-11-21(12-10-19)34(30,31)27(3)17-20-7-6-15-32-20/h4,6-13,15-16H,1,5,14,17H2,2-3H3. The molecule has 0 aliphatic rings. The van der Waals surface area contributed by atoms with Gasteiger partial charge in [-0.1, -0.05) is 30.4 Å². The zero-order valence-corrected chi connectivity index (χ0v) is 20.6. The number of hydrogen-bond donors (Lipinski definition) is 0. The molecule has 9 heteroatoms. The smallest absolute Gasteiger partial charge is 0.279 e. The number of allylic oxidation sites excluding steroid dienone is 1. The lowest BCUT2D eigenvalue weighted by Gasteiger charge is -2.16. The van der Waals surface area contributed by atoms with Crippen molar-refractivity contribution in [3.05, 3.63) is 95.2 Å². The van der Waals surface area contributed by atoms with Crippen LogP contribution < -0.4 is 4.80 Å². The van der Waals surface area contributed by atoms with Gasteiger partial charge in [0.05, 0.1) is 27.9 Å². The van der Waals surface area contributed by atoms with Gasteiger partial charge in [-0.25, -0.2) is 8.42 Å². The van der Waals surface area contributed by atoms with Crippen molar-refractivity contribution in [1.82, 2.24) is 8.87 Å². The minimum Gasteiger partial charge on any atom is -0.468 e. The molecular formula is C25H25N3O4S2. The van der Waals surface area contributed by atoms with Gasteiger partial charge in [-0.2, -0.15) is 9.30 Å². The Morgan fingerprint density at radius 3 is 2.62 bits per heavy atom. The first-order valence-electron chi connectivity index (χ1n) is 10.7. The first-order chi connectivity index (χ1) is 16.3. The Labute approximate surface area is 202 Å². The Bertz CT molecular complexity index is 1500. The van der Waals surface area contributed by atoms with E-state index in [0.717, 1.165) is 16.6 Å². The van der Waals surface area contributed by atoms with Crippen molar-refractivity contribution in [3.8, 4) is 0 Å². The molecule has 0 unspecified atom stereocenters. The molecule has 176 valence electrons. The molecule has 0 aliphatic carbocycles. The average molecular weight is 496 g/mol. The van der Waals surface area contributed by atoms with E-state index in [9.17, 15) is 13.2 Å². The summed E-state index contributed by atoms with van der Waals surface area (Å²) in [7, 11) is -2.25. The van der Waals surface area contributed by atoms with Crippen molar-refractivity contribution in [2.75, 3.05) is 7.05 Å². The van der Waals surface area contributed by atoms with Crippen LogP contribution in [-0.2, 0) is 29.5 Å². The highest BCUT2D eigenvalue weighted by Gasteiger charge is 2.22. The Hall–Kier alpha value is -3.27. The summed E-state index contributed by atoms with van der Waals surface area (Å²) < 4.78 is 35.2. The van der Waals surface area contributed by atoms with Crippen molar-refractivity contribution in [2.24, 2.45) is 4.99 Å². The molecule has 0 atom stereocenters. The van der Waals surface area contributed by atoms with E-state index in [4.69, 9.17) is 4.42 Å². The van der Waals surface area contributed by atoms with Gasteiger partial charge in [-0.15, -0.1) is 6.58 Å². The SMILES string of the molecule is C=CCn1c(=NC(=O)c2ccc(S(=O)(=O)N(C)Cc3ccco3)cc2)sc2cc(CC)ccc21. The number of carbonyl (C=O) groups excluding carboxylic acids is 1. The minimum atomic E-state index is -3.74. The molecule has 34 heavy (non-hydrogen) atoms. The molecule has 4 aromatic rings. The number of hydrogen-bond acceptors (Lipinski definition) is 5. The van der Waals surface area contributed by atoms with Gasteiger partial charge in [0.25, 0.3) is 5.91 Å². The van der Waals surface area contributed by atoms with Crippen LogP contribution in [0.4, 0.5) is 0 Å². The van der Waals surface area contributed by atoms with E-state index >= 15 is 0 Å². The number of carbonyl (C=O) groups is 1. The second-order valence-corrected chi connectivity index (χ2v) is 10.8. The van der Waals surface area contributed by atoms with Gasteiger partial charge in [0, 0.05) is 19.2 Å². The van der Waals surface area contributed by atoms with E-state index in [0.29, 0.717) is 22.7 Å². The summed E-state index contributed by atoms with van der Waals surface area (Å²) in [5.74, 6) is 0.104. The zero-order valence-electron chi connectivity index (χ0n) is 19.0. The zero-order chi connectivity index (χ0) is 24.3. The van der Waals surface area contributed by atoms with E-state index in [1.165, 1.54) is 58.8 Å². The van der Waals surface area contributed by atoms with Gasteiger partial charge in [0.15, 0.2) is 4.80 Å². The number of sulfonamides is 1. The quantitative estimate of drug-likeness (QED) is 0.334. The predicted octanol–water partition coefficient (Wildman–Crippen LogP) is 4.61. The Morgan fingerprint density at radius 1 is 1.21 bits per heavy atom. The predicted molar refractivity (Wildman–Crippen MR) is 133 cm³/mol. The lowest BCUT2D eigenvalue weighted by molar-refractivity contribution is 0.0997. The molecule has 4 rings (SSSR count). The van der Waals surface area contributed by atoms with Gasteiger partial charge >= 0.3 is 0 Å². The van der Waals surface area contributed by atoms with E-state index in [1.807, 2.05) is 10.6 Å². The lowest BCUT2D eigenvalue weighted by atomic mass is 10.2. The van der Waals surface area contributed by atoms with Crippen molar-refractivity contribution in [2.45, 2.75) is 31.3 Å². The van der Waals surface area contributed by atoms with Crippen molar-refractivity contribution in [3.63, 3.8) is 0 Å². The third-order valence-corrected chi connectivity index (χ3v) is 8.29. The van der Waals surface area contributed by atoms with Gasteiger partial charge in [0.1, 0.15) is 5.76 Å². The number of amides is 1. The largest absolute Gasteiger partial charge is 0.468 e. The Kier molecular flexibility index (Phi) is 6.97. The maximum Gasteiger partial charge on any atom is 0.279 e. The Morgan fingerprint density at radius 2 is 1.97 bits per heavy atom. The van der Waals surface area contributed by atoms with Crippen LogP contribution in [0.25, 0.3) is 10.2 Å². The number of fused-ring (bicyclic) bond motifs is 1. The number of aromatic nitrogens is 1. The highest BCUT2D eigenvalue weighted by atomic mass is 32.2. The molecule has 0 saturated heterocycles. The second-order valence-electron chi connectivity index (χ2n) is 7.72. The normalized spacial score (nSPS) is 12.5. The van der Waals surface area contributed by atoms with Crippen molar-refractivity contribution < 1.29 is 17.6 Å². The molecule has 0 spiro atoms.